The molecule has 1 aliphatic carbocycles. The molecule has 0 heterocycles. The largest absolute Gasteiger partial charge is 0.472 e. The van der Waals surface area contributed by atoms with Crippen molar-refractivity contribution in [2.75, 3.05) is 13.2 Å². The maximum absolute atomic E-state index is 12.8. The van der Waals surface area contributed by atoms with Crippen LogP contribution < -0.4 is 0 Å². The van der Waals surface area contributed by atoms with Crippen LogP contribution in [0.2, 0.25) is 0 Å². The SMILES string of the molecule is CCCC=CCC=CCC=CCC=CCC=CCCC(=O)OC(COC(=O)CCC=CCCCCCCCCCCCCC)COP(=O)(O)OC1C(O)C(O)C(O)C(O)C1O. The zero-order valence-corrected chi connectivity index (χ0v) is 37.8. The average molecular weight is 883 g/mol. The van der Waals surface area contributed by atoms with Crippen molar-refractivity contribution in [3.8, 4) is 0 Å². The van der Waals surface area contributed by atoms with Crippen molar-refractivity contribution in [2.24, 2.45) is 0 Å². The van der Waals surface area contributed by atoms with E-state index in [0.29, 0.717) is 19.3 Å². The molecule has 1 saturated carbocycles. The van der Waals surface area contributed by atoms with E-state index >= 15 is 0 Å². The molecule has 0 amide bonds. The van der Waals surface area contributed by atoms with Gasteiger partial charge in [-0.3, -0.25) is 18.6 Å². The van der Waals surface area contributed by atoms with Crippen molar-refractivity contribution in [1.82, 2.24) is 0 Å². The highest BCUT2D eigenvalue weighted by molar-refractivity contribution is 7.47. The van der Waals surface area contributed by atoms with Gasteiger partial charge in [-0.05, 0) is 57.8 Å². The Morgan fingerprint density at radius 2 is 0.918 bits per heavy atom. The highest BCUT2D eigenvalue weighted by atomic mass is 31.2. The van der Waals surface area contributed by atoms with Crippen molar-refractivity contribution in [3.05, 3.63) is 72.9 Å². The number of carbonyl (C=O) groups excluding carboxylic acids is 2. The minimum absolute atomic E-state index is 0.0366. The van der Waals surface area contributed by atoms with Gasteiger partial charge in [-0.2, -0.15) is 0 Å². The minimum Gasteiger partial charge on any atom is -0.462 e. The lowest BCUT2D eigenvalue weighted by atomic mass is 9.85. The quantitative estimate of drug-likeness (QED) is 0.0151. The molecule has 0 aromatic carbocycles. The molecule has 0 radical (unpaired) electrons. The van der Waals surface area contributed by atoms with Crippen LogP contribution in [0.1, 0.15) is 155 Å². The molecule has 13 nitrogen and oxygen atoms in total. The first-order valence-electron chi connectivity index (χ1n) is 22.7. The lowest BCUT2D eigenvalue weighted by Gasteiger charge is -2.41. The van der Waals surface area contributed by atoms with Gasteiger partial charge in [-0.15, -0.1) is 0 Å². The zero-order valence-electron chi connectivity index (χ0n) is 36.9. The van der Waals surface area contributed by atoms with Gasteiger partial charge in [0.25, 0.3) is 0 Å². The second kappa shape index (κ2) is 36.7. The number of phosphoric acid groups is 1. The summed E-state index contributed by atoms with van der Waals surface area (Å²) < 4.78 is 33.4. The molecule has 350 valence electrons. The fraction of sp³-hybridized carbons (Fsp3) is 0.702. The summed E-state index contributed by atoms with van der Waals surface area (Å²) in [5, 5.41) is 50.1. The van der Waals surface area contributed by atoms with Gasteiger partial charge >= 0.3 is 19.8 Å². The molecule has 1 fully saturated rings. The van der Waals surface area contributed by atoms with Gasteiger partial charge in [0.15, 0.2) is 6.10 Å². The summed E-state index contributed by atoms with van der Waals surface area (Å²) in [6, 6.07) is 0. The number of hydrogen-bond donors (Lipinski definition) is 6. The molecular formula is C47H79O13P. The molecule has 0 bridgehead atoms. The summed E-state index contributed by atoms with van der Waals surface area (Å²) in [6.07, 6.45) is 32.7. The first kappa shape index (κ1) is 56.3. The number of ether oxygens (including phenoxy) is 2. The van der Waals surface area contributed by atoms with Crippen molar-refractivity contribution in [2.45, 2.75) is 198 Å². The molecule has 14 heteroatoms. The van der Waals surface area contributed by atoms with Gasteiger partial charge < -0.3 is 39.9 Å². The van der Waals surface area contributed by atoms with Crippen LogP contribution in [0.5, 0.6) is 0 Å². The molecule has 1 rings (SSSR count). The molecule has 0 aliphatic heterocycles. The summed E-state index contributed by atoms with van der Waals surface area (Å²) in [5.41, 5.74) is 0. The van der Waals surface area contributed by atoms with E-state index in [0.717, 1.165) is 44.9 Å². The Kier molecular flexibility index (Phi) is 33.9. The molecule has 0 aromatic rings. The van der Waals surface area contributed by atoms with Crippen LogP contribution in [0.4, 0.5) is 0 Å². The van der Waals surface area contributed by atoms with Crippen molar-refractivity contribution >= 4 is 19.8 Å². The van der Waals surface area contributed by atoms with Gasteiger partial charge in [-0.25, -0.2) is 4.57 Å². The molecule has 6 unspecified atom stereocenters. The zero-order chi connectivity index (χ0) is 45.0. The number of allylic oxidation sites excluding steroid dienone is 12. The van der Waals surface area contributed by atoms with Crippen LogP contribution in [0.15, 0.2) is 72.9 Å². The van der Waals surface area contributed by atoms with E-state index in [-0.39, 0.29) is 12.8 Å². The Morgan fingerprint density at radius 3 is 1.43 bits per heavy atom. The summed E-state index contributed by atoms with van der Waals surface area (Å²) in [7, 11) is -5.15. The van der Waals surface area contributed by atoms with E-state index < -0.39 is 75.7 Å². The Balaban J connectivity index is 2.55. The first-order valence-corrected chi connectivity index (χ1v) is 24.2. The fourth-order valence-electron chi connectivity index (χ4n) is 6.35. The van der Waals surface area contributed by atoms with Gasteiger partial charge in [0.2, 0.25) is 0 Å². The Morgan fingerprint density at radius 1 is 0.508 bits per heavy atom. The summed E-state index contributed by atoms with van der Waals surface area (Å²) in [5.74, 6) is -1.26. The number of esters is 2. The third-order valence-electron chi connectivity index (χ3n) is 10.0. The molecule has 1 aliphatic rings. The van der Waals surface area contributed by atoms with E-state index in [9.17, 15) is 44.6 Å². The normalized spacial score (nSPS) is 22.7. The second-order valence-electron chi connectivity index (χ2n) is 15.5. The predicted molar refractivity (Wildman–Crippen MR) is 239 cm³/mol. The highest BCUT2D eigenvalue weighted by Gasteiger charge is 2.51. The first-order chi connectivity index (χ1) is 29.4. The molecular weight excluding hydrogens is 803 g/mol. The van der Waals surface area contributed by atoms with Crippen molar-refractivity contribution in [1.29, 1.82) is 0 Å². The molecule has 0 aromatic heterocycles. The number of phosphoric ester groups is 1. The van der Waals surface area contributed by atoms with Crippen molar-refractivity contribution < 1.29 is 63.1 Å². The van der Waals surface area contributed by atoms with E-state index in [1.54, 1.807) is 0 Å². The fourth-order valence-corrected chi connectivity index (χ4v) is 7.33. The smallest absolute Gasteiger partial charge is 0.462 e. The molecule has 6 N–H and O–H groups in total. The molecule has 0 spiro atoms. The summed E-state index contributed by atoms with van der Waals surface area (Å²) in [6.45, 7) is 3.12. The predicted octanol–water partition coefficient (Wildman–Crippen LogP) is 8.72. The lowest BCUT2D eigenvalue weighted by molar-refractivity contribution is -0.220. The third kappa shape index (κ3) is 29.3. The van der Waals surface area contributed by atoms with Crippen LogP contribution in [-0.2, 0) is 32.7 Å². The summed E-state index contributed by atoms with van der Waals surface area (Å²) in [4.78, 5) is 35.6. The Hall–Kier alpha value is -2.71. The monoisotopic (exact) mass is 883 g/mol. The third-order valence-corrected chi connectivity index (χ3v) is 11.0. The Labute approximate surface area is 365 Å². The number of unbranched alkanes of at least 4 members (excludes halogenated alkanes) is 12. The number of rotatable bonds is 36. The standard InChI is InChI=1S/C47H79O13P/c1-3-5-7-9-11-13-15-17-19-20-22-24-26-28-30-32-34-36-41(49)59-39(38-58-61(55,56)60-47-45(53)43(51)42(50)44(52)46(47)54)37-57-40(48)35-33-31-29-27-25-23-21-18-16-14-12-10-8-6-4-2/h7,9,13,15,19-20,24,26,29-32,39,42-47,50-54H,3-6,8,10-12,14,16-18,21-23,25,27-28,33-38H2,1-2H3,(H,55,56). The molecule has 61 heavy (non-hydrogen) atoms. The van der Waals surface area contributed by atoms with Crippen LogP contribution >= 0.6 is 7.82 Å². The van der Waals surface area contributed by atoms with E-state index in [1.165, 1.54) is 64.2 Å². The molecule has 6 atom stereocenters. The molecule has 0 saturated heterocycles. The Bertz CT molecular complexity index is 1340. The van der Waals surface area contributed by atoms with Crippen LogP contribution in [-0.4, -0.2) is 98.3 Å². The lowest BCUT2D eigenvalue weighted by Crippen LogP contribution is -2.64. The average Bonchev–Trinajstić information content (AvgIpc) is 3.24. The summed E-state index contributed by atoms with van der Waals surface area (Å²) >= 11 is 0. The van der Waals surface area contributed by atoms with Crippen LogP contribution in [0.25, 0.3) is 0 Å². The van der Waals surface area contributed by atoms with Gasteiger partial charge in [0.05, 0.1) is 6.61 Å². The van der Waals surface area contributed by atoms with Crippen LogP contribution in [0, 0.1) is 0 Å². The van der Waals surface area contributed by atoms with E-state index in [4.69, 9.17) is 18.5 Å². The van der Waals surface area contributed by atoms with E-state index in [1.807, 2.05) is 24.3 Å². The highest BCUT2D eigenvalue weighted by Crippen LogP contribution is 2.47. The van der Waals surface area contributed by atoms with Gasteiger partial charge in [-0.1, -0.05) is 157 Å². The van der Waals surface area contributed by atoms with Crippen molar-refractivity contribution in [3.63, 3.8) is 0 Å². The number of carbonyl (C=O) groups is 2. The van der Waals surface area contributed by atoms with Crippen LogP contribution in [0.3, 0.4) is 0 Å². The maximum Gasteiger partial charge on any atom is 0.472 e. The minimum atomic E-state index is -5.15. The van der Waals surface area contributed by atoms with E-state index in [2.05, 4.69) is 62.5 Å². The maximum atomic E-state index is 12.8. The second-order valence-corrected chi connectivity index (χ2v) is 16.9. The number of hydrogen-bond acceptors (Lipinski definition) is 12. The number of aliphatic hydroxyl groups excluding tert-OH is 5. The number of aliphatic hydroxyl groups is 5. The van der Waals surface area contributed by atoms with Gasteiger partial charge in [0, 0.05) is 12.8 Å². The van der Waals surface area contributed by atoms with Gasteiger partial charge in [0.1, 0.15) is 43.2 Å². The topological polar surface area (TPSA) is 210 Å².